The summed E-state index contributed by atoms with van der Waals surface area (Å²) in [4.78, 5) is 42.8. The maximum Gasteiger partial charge on any atom is 0.264 e. The molecule has 5 rings (SSSR count). The maximum atomic E-state index is 13.6. The number of rotatable bonds is 5. The number of nitrogens with zero attached hydrogens (tertiary/aromatic N) is 2. The molecule has 178 valence electrons. The van der Waals surface area contributed by atoms with Crippen LogP contribution in [0.3, 0.4) is 0 Å². The van der Waals surface area contributed by atoms with Gasteiger partial charge in [0.15, 0.2) is 21.3 Å². The first-order valence-electron chi connectivity index (χ1n) is 10.7. The van der Waals surface area contributed by atoms with Crippen molar-refractivity contribution in [3.63, 3.8) is 0 Å². The Morgan fingerprint density at radius 2 is 1.85 bits per heavy atom. The Labute approximate surface area is 196 Å². The summed E-state index contributed by atoms with van der Waals surface area (Å²) in [6.45, 7) is -0.341. The standard InChI is InChI=1S/C23H23N3O7S/c1-32-17-8-7-15-19(20(17)33-2)23(29)26-16-6-4-3-5-14(16)22(28)25(21(15)26)11-18(27)24-13-9-10-34(30,31)12-13/h3-8,13,21H,9-12H2,1-2H3,(H,24,27)/t13-,21+/m0/s1. The fourth-order valence-electron chi connectivity index (χ4n) is 4.92. The smallest absolute Gasteiger partial charge is 0.264 e. The van der Waals surface area contributed by atoms with E-state index in [1.54, 1.807) is 36.4 Å². The number of amides is 3. The minimum absolute atomic E-state index is 0.0217. The van der Waals surface area contributed by atoms with Crippen molar-refractivity contribution in [2.75, 3.05) is 37.2 Å². The van der Waals surface area contributed by atoms with Gasteiger partial charge in [-0.15, -0.1) is 0 Å². The number of carbonyl (C=O) groups excluding carboxylic acids is 3. The Hall–Kier alpha value is -3.60. The van der Waals surface area contributed by atoms with Crippen molar-refractivity contribution >= 4 is 33.2 Å². The van der Waals surface area contributed by atoms with E-state index in [0.29, 0.717) is 29.0 Å². The number of hydrogen-bond donors (Lipinski definition) is 1. The molecule has 0 spiro atoms. The molecule has 2 aromatic carbocycles. The summed E-state index contributed by atoms with van der Waals surface area (Å²) in [5.41, 5.74) is 1.52. The Morgan fingerprint density at radius 3 is 2.53 bits per heavy atom. The quantitative estimate of drug-likeness (QED) is 0.673. The predicted octanol–water partition coefficient (Wildman–Crippen LogP) is 1.12. The molecule has 1 saturated heterocycles. The number of nitrogens with one attached hydrogen (secondary N) is 1. The van der Waals surface area contributed by atoms with Crippen molar-refractivity contribution in [2.24, 2.45) is 0 Å². The van der Waals surface area contributed by atoms with Crippen LogP contribution in [0.5, 0.6) is 11.5 Å². The van der Waals surface area contributed by atoms with E-state index in [-0.39, 0.29) is 35.3 Å². The second-order valence-electron chi connectivity index (χ2n) is 8.43. The zero-order valence-electron chi connectivity index (χ0n) is 18.6. The summed E-state index contributed by atoms with van der Waals surface area (Å²) in [5, 5.41) is 2.72. The van der Waals surface area contributed by atoms with E-state index in [0.717, 1.165) is 0 Å². The van der Waals surface area contributed by atoms with Crippen LogP contribution >= 0.6 is 0 Å². The highest BCUT2D eigenvalue weighted by Crippen LogP contribution is 2.49. The van der Waals surface area contributed by atoms with Gasteiger partial charge in [-0.1, -0.05) is 18.2 Å². The molecule has 3 aliphatic heterocycles. The summed E-state index contributed by atoms with van der Waals surface area (Å²) in [5.74, 6) is -0.733. The van der Waals surface area contributed by atoms with Crippen molar-refractivity contribution in [1.29, 1.82) is 0 Å². The van der Waals surface area contributed by atoms with E-state index in [1.807, 2.05) is 0 Å². The van der Waals surface area contributed by atoms with Gasteiger partial charge in [0, 0.05) is 11.6 Å². The number of methoxy groups -OCH3 is 2. The molecule has 34 heavy (non-hydrogen) atoms. The highest BCUT2D eigenvalue weighted by atomic mass is 32.2. The van der Waals surface area contributed by atoms with Crippen LogP contribution in [0.25, 0.3) is 0 Å². The first-order valence-corrected chi connectivity index (χ1v) is 12.6. The average molecular weight is 486 g/mol. The van der Waals surface area contributed by atoms with E-state index in [2.05, 4.69) is 5.32 Å². The molecule has 0 saturated carbocycles. The molecule has 3 heterocycles. The van der Waals surface area contributed by atoms with Crippen LogP contribution in [0.1, 0.15) is 38.9 Å². The molecule has 0 unspecified atom stereocenters. The van der Waals surface area contributed by atoms with Crippen LogP contribution in [0.15, 0.2) is 36.4 Å². The van der Waals surface area contributed by atoms with Crippen LogP contribution in [-0.2, 0) is 14.6 Å². The van der Waals surface area contributed by atoms with Crippen molar-refractivity contribution in [2.45, 2.75) is 18.6 Å². The minimum atomic E-state index is -3.17. The van der Waals surface area contributed by atoms with Gasteiger partial charge >= 0.3 is 0 Å². The molecule has 2 atom stereocenters. The number of benzene rings is 2. The van der Waals surface area contributed by atoms with Crippen molar-refractivity contribution < 1.29 is 32.3 Å². The van der Waals surface area contributed by atoms with Gasteiger partial charge in [0.1, 0.15) is 12.7 Å². The number of fused-ring (bicyclic) bond motifs is 5. The fourth-order valence-corrected chi connectivity index (χ4v) is 6.60. The predicted molar refractivity (Wildman–Crippen MR) is 122 cm³/mol. The lowest BCUT2D eigenvalue weighted by Gasteiger charge is -2.40. The molecular formula is C23H23N3O7S. The Morgan fingerprint density at radius 1 is 1.09 bits per heavy atom. The van der Waals surface area contributed by atoms with E-state index in [9.17, 15) is 22.8 Å². The summed E-state index contributed by atoms with van der Waals surface area (Å²) < 4.78 is 34.3. The van der Waals surface area contributed by atoms with Gasteiger partial charge in [-0.25, -0.2) is 8.42 Å². The van der Waals surface area contributed by atoms with Crippen LogP contribution in [0.4, 0.5) is 5.69 Å². The van der Waals surface area contributed by atoms with Crippen molar-refractivity contribution in [1.82, 2.24) is 10.2 Å². The van der Waals surface area contributed by atoms with Crippen LogP contribution in [-0.4, -0.2) is 69.4 Å². The molecule has 0 aliphatic carbocycles. The SMILES string of the molecule is COc1ccc2c(c1OC)C(=O)N1c3ccccc3C(=O)N(CC(=O)N[C@H]3CCS(=O)(=O)C3)[C@@H]21. The first-order chi connectivity index (χ1) is 16.3. The van der Waals surface area contributed by atoms with Gasteiger partial charge in [0.05, 0.1) is 42.5 Å². The van der Waals surface area contributed by atoms with Gasteiger partial charge in [-0.2, -0.15) is 0 Å². The van der Waals surface area contributed by atoms with E-state index < -0.39 is 33.9 Å². The van der Waals surface area contributed by atoms with Crippen LogP contribution in [0.2, 0.25) is 0 Å². The van der Waals surface area contributed by atoms with Crippen LogP contribution < -0.4 is 19.7 Å². The van der Waals surface area contributed by atoms with Crippen molar-refractivity contribution in [3.8, 4) is 11.5 Å². The Balaban J connectivity index is 1.55. The monoisotopic (exact) mass is 485 g/mol. The number of sulfone groups is 1. The van der Waals surface area contributed by atoms with E-state index >= 15 is 0 Å². The van der Waals surface area contributed by atoms with Gasteiger partial charge in [0.2, 0.25) is 5.91 Å². The lowest BCUT2D eigenvalue weighted by Crippen LogP contribution is -2.52. The second-order valence-corrected chi connectivity index (χ2v) is 10.7. The highest BCUT2D eigenvalue weighted by molar-refractivity contribution is 7.91. The van der Waals surface area contributed by atoms with Gasteiger partial charge in [-0.3, -0.25) is 19.3 Å². The molecule has 0 radical (unpaired) electrons. The zero-order valence-corrected chi connectivity index (χ0v) is 19.4. The molecule has 1 fully saturated rings. The number of anilines is 1. The molecule has 10 nitrogen and oxygen atoms in total. The molecule has 2 aromatic rings. The minimum Gasteiger partial charge on any atom is -0.493 e. The largest absolute Gasteiger partial charge is 0.493 e. The molecule has 0 bridgehead atoms. The van der Waals surface area contributed by atoms with Crippen molar-refractivity contribution in [3.05, 3.63) is 53.1 Å². The lowest BCUT2D eigenvalue weighted by atomic mass is 10.0. The molecular weight excluding hydrogens is 462 g/mol. The normalized spacial score (nSPS) is 22.2. The summed E-state index contributed by atoms with van der Waals surface area (Å²) in [6, 6.07) is 9.57. The zero-order chi connectivity index (χ0) is 24.2. The number of hydrogen-bond acceptors (Lipinski definition) is 7. The average Bonchev–Trinajstić information content (AvgIpc) is 3.31. The molecule has 3 amide bonds. The molecule has 1 N–H and O–H groups in total. The Kier molecular flexibility index (Phi) is 5.23. The van der Waals surface area contributed by atoms with Gasteiger partial charge in [0.25, 0.3) is 11.8 Å². The number of carbonyl (C=O) groups is 3. The number of para-hydroxylation sites is 1. The first kappa shape index (κ1) is 22.2. The summed E-state index contributed by atoms with van der Waals surface area (Å²) in [7, 11) is -0.273. The topological polar surface area (TPSA) is 122 Å². The third-order valence-electron chi connectivity index (χ3n) is 6.39. The molecule has 11 heteroatoms. The third-order valence-corrected chi connectivity index (χ3v) is 8.16. The highest BCUT2D eigenvalue weighted by Gasteiger charge is 2.50. The maximum absolute atomic E-state index is 13.6. The molecule has 0 aromatic heterocycles. The lowest BCUT2D eigenvalue weighted by molar-refractivity contribution is -0.122. The van der Waals surface area contributed by atoms with E-state index in [4.69, 9.17) is 9.47 Å². The Bertz CT molecular complexity index is 1320. The summed E-state index contributed by atoms with van der Waals surface area (Å²) in [6.07, 6.45) is -0.526. The second kappa shape index (κ2) is 8.01. The van der Waals surface area contributed by atoms with Gasteiger partial charge in [-0.05, 0) is 24.6 Å². The summed E-state index contributed by atoms with van der Waals surface area (Å²) >= 11 is 0. The number of ether oxygens (including phenoxy) is 2. The fraction of sp³-hybridized carbons (Fsp3) is 0.348. The van der Waals surface area contributed by atoms with Crippen LogP contribution in [0, 0.1) is 0 Å². The third kappa shape index (κ3) is 3.38. The van der Waals surface area contributed by atoms with Gasteiger partial charge < -0.3 is 19.7 Å². The van der Waals surface area contributed by atoms with E-state index in [1.165, 1.54) is 24.0 Å². The molecule has 3 aliphatic rings.